The molecule has 0 spiro atoms. The molecule has 3 nitrogen and oxygen atoms in total. The van der Waals surface area contributed by atoms with Gasteiger partial charge in [0, 0.05) is 0 Å². The number of nitrogens with zero attached hydrogens (tertiary/aromatic N) is 2. The van der Waals surface area contributed by atoms with Crippen LogP contribution in [0.3, 0.4) is 0 Å². The number of halogens is 1. The summed E-state index contributed by atoms with van der Waals surface area (Å²) in [7, 11) is 2.08. The summed E-state index contributed by atoms with van der Waals surface area (Å²) in [5.41, 5.74) is 0. The van der Waals surface area contributed by atoms with E-state index in [1.807, 2.05) is 11.8 Å². The van der Waals surface area contributed by atoms with Crippen LogP contribution in [0.4, 0.5) is 0 Å². The highest BCUT2D eigenvalue weighted by atomic mass is 35.5. The van der Waals surface area contributed by atoms with Crippen molar-refractivity contribution in [2.45, 2.75) is 23.1 Å². The van der Waals surface area contributed by atoms with E-state index in [4.69, 9.17) is 4.74 Å². The highest BCUT2D eigenvalue weighted by Crippen LogP contribution is 2.43. The second kappa shape index (κ2) is 3.19. The molecule has 2 aliphatic heterocycles. The number of hydrogen-bond acceptors (Lipinski definition) is 2. The number of rotatable bonds is 0. The first-order chi connectivity index (χ1) is 5.86. The van der Waals surface area contributed by atoms with Crippen molar-refractivity contribution in [3.8, 4) is 0 Å². The van der Waals surface area contributed by atoms with E-state index in [1.165, 1.54) is 11.6 Å². The summed E-state index contributed by atoms with van der Waals surface area (Å²) < 4.78 is 10.0. The van der Waals surface area contributed by atoms with E-state index in [0.717, 1.165) is 6.61 Å². The molecule has 1 aromatic rings. The molecule has 13 heavy (non-hydrogen) atoms. The lowest BCUT2D eigenvalue weighted by molar-refractivity contribution is -0.709. The molecule has 0 saturated carbocycles. The molecule has 2 atom stereocenters. The van der Waals surface area contributed by atoms with Crippen LogP contribution in [-0.4, -0.2) is 16.4 Å². The van der Waals surface area contributed by atoms with Gasteiger partial charge >= 0.3 is 5.16 Å². The van der Waals surface area contributed by atoms with Crippen molar-refractivity contribution in [3.63, 3.8) is 0 Å². The maximum absolute atomic E-state index is 5.65. The summed E-state index contributed by atoms with van der Waals surface area (Å²) in [5, 5.41) is 1.98. The summed E-state index contributed by atoms with van der Waals surface area (Å²) in [6, 6.07) is 0. The van der Waals surface area contributed by atoms with Gasteiger partial charge in [-0.15, -0.1) is 0 Å². The van der Waals surface area contributed by atoms with Gasteiger partial charge in [0.15, 0.2) is 0 Å². The Morgan fingerprint density at radius 3 is 3.38 bits per heavy atom. The number of fused-ring (bicyclic) bond motifs is 3. The first kappa shape index (κ1) is 9.37. The molecule has 0 radical (unpaired) electrons. The summed E-state index contributed by atoms with van der Waals surface area (Å²) in [4.78, 5) is 0. The fraction of sp³-hybridized carbons (Fsp3) is 0.625. The van der Waals surface area contributed by atoms with Crippen LogP contribution in [-0.2, 0) is 11.8 Å². The molecule has 5 heteroatoms. The highest BCUT2D eigenvalue weighted by molar-refractivity contribution is 7.99. The zero-order valence-corrected chi connectivity index (χ0v) is 8.88. The van der Waals surface area contributed by atoms with E-state index in [1.54, 1.807) is 0 Å². The quantitative estimate of drug-likeness (QED) is 0.457. The van der Waals surface area contributed by atoms with Crippen molar-refractivity contribution in [2.24, 2.45) is 7.05 Å². The Hall–Kier alpha value is -0.190. The molecule has 0 N–H and O–H groups in total. The lowest BCUT2D eigenvalue weighted by Gasteiger charge is -2.02. The minimum atomic E-state index is 0. The smallest absolute Gasteiger partial charge is 0.320 e. The largest absolute Gasteiger partial charge is 1.00 e. The Morgan fingerprint density at radius 2 is 2.54 bits per heavy atom. The van der Waals surface area contributed by atoms with Crippen molar-refractivity contribution >= 4 is 11.8 Å². The maximum atomic E-state index is 5.65. The lowest BCUT2D eigenvalue weighted by atomic mass is 10.3. The van der Waals surface area contributed by atoms with Gasteiger partial charge in [0.1, 0.15) is 12.4 Å². The van der Waals surface area contributed by atoms with Crippen LogP contribution in [0.2, 0.25) is 0 Å². The van der Waals surface area contributed by atoms with Crippen molar-refractivity contribution in [1.29, 1.82) is 0 Å². The molecule has 0 bridgehead atoms. The Balaban J connectivity index is 0.000000653. The van der Waals surface area contributed by atoms with Gasteiger partial charge < -0.3 is 17.1 Å². The number of hydrogen-bond donors (Lipinski definition) is 0. The molecule has 2 unspecified atom stereocenters. The molecule has 1 saturated heterocycles. The molecular weight excluding hydrogens is 208 g/mol. The van der Waals surface area contributed by atoms with Crippen molar-refractivity contribution in [1.82, 2.24) is 4.57 Å². The van der Waals surface area contributed by atoms with Crippen LogP contribution < -0.4 is 17.0 Å². The van der Waals surface area contributed by atoms with Crippen LogP contribution in [0.25, 0.3) is 0 Å². The third-order valence-electron chi connectivity index (χ3n) is 2.51. The third-order valence-corrected chi connectivity index (χ3v) is 3.99. The Labute approximate surface area is 87.5 Å². The van der Waals surface area contributed by atoms with Gasteiger partial charge in [-0.05, 0) is 18.2 Å². The average molecular weight is 219 g/mol. The van der Waals surface area contributed by atoms with E-state index in [0.29, 0.717) is 11.5 Å². The number of ether oxygens (including phenoxy) is 1. The minimum absolute atomic E-state index is 0. The van der Waals surface area contributed by atoms with E-state index < -0.39 is 0 Å². The van der Waals surface area contributed by atoms with E-state index in [9.17, 15) is 0 Å². The van der Waals surface area contributed by atoms with E-state index in [2.05, 4.69) is 28.6 Å². The molecule has 3 rings (SSSR count). The average Bonchev–Trinajstić information content (AvgIpc) is 2.63. The predicted molar refractivity (Wildman–Crippen MR) is 44.9 cm³/mol. The van der Waals surface area contributed by atoms with Crippen molar-refractivity contribution in [2.75, 3.05) is 6.61 Å². The molecule has 0 aromatic carbocycles. The summed E-state index contributed by atoms with van der Waals surface area (Å²) in [6.45, 7) is 0.920. The van der Waals surface area contributed by atoms with Gasteiger partial charge in [-0.1, -0.05) is 0 Å². The number of aryl methyl sites for hydroxylation is 1. The first-order valence-corrected chi connectivity index (χ1v) is 5.09. The third kappa shape index (κ3) is 1.20. The van der Waals surface area contributed by atoms with Gasteiger partial charge in [0.2, 0.25) is 6.23 Å². The standard InChI is InChI=1S/C8H11N2OS.ClH/c1-9-3-4-10-7-6(2-5-11-7)12-8(9)10;/h3-4,6-7H,2,5H2,1H3;1H/q+1;/p-1. The molecular formula is C8H11ClN2OS. The van der Waals surface area contributed by atoms with E-state index in [-0.39, 0.29) is 12.4 Å². The number of imidazole rings is 1. The Morgan fingerprint density at radius 1 is 1.69 bits per heavy atom. The number of thioether (sulfide) groups is 1. The summed E-state index contributed by atoms with van der Waals surface area (Å²) in [5.74, 6) is 0. The molecule has 0 amide bonds. The number of aromatic nitrogens is 2. The van der Waals surface area contributed by atoms with Crippen LogP contribution >= 0.6 is 11.8 Å². The van der Waals surface area contributed by atoms with Crippen LogP contribution in [0, 0.1) is 0 Å². The Bertz CT molecular complexity index is 328. The minimum Gasteiger partial charge on any atom is -1.00 e. The molecule has 72 valence electrons. The van der Waals surface area contributed by atoms with E-state index >= 15 is 0 Å². The van der Waals surface area contributed by atoms with Crippen molar-refractivity contribution in [3.05, 3.63) is 12.4 Å². The van der Waals surface area contributed by atoms with Crippen LogP contribution in [0.5, 0.6) is 0 Å². The fourth-order valence-corrected chi connectivity index (χ4v) is 3.21. The van der Waals surface area contributed by atoms with Crippen LogP contribution in [0.15, 0.2) is 17.6 Å². The Kier molecular flexibility index (Phi) is 2.30. The molecule has 1 fully saturated rings. The highest BCUT2D eigenvalue weighted by Gasteiger charge is 2.44. The van der Waals surface area contributed by atoms with Gasteiger partial charge in [-0.3, -0.25) is 0 Å². The first-order valence-electron chi connectivity index (χ1n) is 4.21. The fourth-order valence-electron chi connectivity index (χ4n) is 1.89. The second-order valence-electron chi connectivity index (χ2n) is 3.31. The molecule has 3 heterocycles. The summed E-state index contributed by atoms with van der Waals surface area (Å²) >= 11 is 1.94. The van der Waals surface area contributed by atoms with Crippen LogP contribution in [0.1, 0.15) is 12.6 Å². The SMILES string of the molecule is C[n+]1ccn2c1SC1CCOC12.[Cl-]. The van der Waals surface area contributed by atoms with Crippen molar-refractivity contribution < 1.29 is 21.7 Å². The maximum Gasteiger partial charge on any atom is 0.320 e. The molecule has 2 aliphatic rings. The summed E-state index contributed by atoms with van der Waals surface area (Å²) in [6.07, 6.45) is 5.70. The molecule has 1 aromatic heterocycles. The van der Waals surface area contributed by atoms with Gasteiger partial charge in [0.25, 0.3) is 0 Å². The topological polar surface area (TPSA) is 18.0 Å². The predicted octanol–water partition coefficient (Wildman–Crippen LogP) is -2.29. The van der Waals surface area contributed by atoms with Gasteiger partial charge in [-0.25, -0.2) is 4.57 Å². The monoisotopic (exact) mass is 218 g/mol. The lowest BCUT2D eigenvalue weighted by Crippen LogP contribution is -3.00. The zero-order valence-electron chi connectivity index (χ0n) is 7.31. The normalized spacial score (nSPS) is 29.6. The molecule has 0 aliphatic carbocycles. The zero-order chi connectivity index (χ0) is 8.13. The second-order valence-corrected chi connectivity index (χ2v) is 4.51. The van der Waals surface area contributed by atoms with Gasteiger partial charge in [0.05, 0.1) is 18.9 Å². The van der Waals surface area contributed by atoms with Gasteiger partial charge in [-0.2, -0.15) is 4.57 Å².